The number of methoxy groups -OCH3 is 1. The van der Waals surface area contributed by atoms with E-state index in [-0.39, 0.29) is 5.78 Å². The Hall–Kier alpha value is -3.37. The van der Waals surface area contributed by atoms with Gasteiger partial charge in [0.25, 0.3) is 0 Å². The Labute approximate surface area is 174 Å². The molecule has 0 saturated carbocycles. The highest BCUT2D eigenvalue weighted by Crippen LogP contribution is 2.27. The van der Waals surface area contributed by atoms with Crippen LogP contribution in [0, 0.1) is 6.92 Å². The zero-order valence-corrected chi connectivity index (χ0v) is 16.9. The van der Waals surface area contributed by atoms with E-state index in [1.807, 2.05) is 78.4 Å². The second kappa shape index (κ2) is 7.94. The number of aryl methyl sites for hydroxylation is 1. The number of nitrogens with zero attached hydrogens (tertiary/aromatic N) is 2. The smallest absolute Gasteiger partial charge is 0.193 e. The number of rotatable bonds is 5. The van der Waals surface area contributed by atoms with Gasteiger partial charge in [0.1, 0.15) is 5.75 Å². The van der Waals surface area contributed by atoms with Crippen molar-refractivity contribution in [3.8, 4) is 22.6 Å². The van der Waals surface area contributed by atoms with Crippen LogP contribution in [-0.4, -0.2) is 22.4 Å². The van der Waals surface area contributed by atoms with E-state index < -0.39 is 0 Å². The number of imidazole rings is 1. The second-order valence-electron chi connectivity index (χ2n) is 6.73. The van der Waals surface area contributed by atoms with Crippen molar-refractivity contribution in [3.05, 3.63) is 101 Å². The van der Waals surface area contributed by atoms with Gasteiger partial charge in [-0.1, -0.05) is 41.9 Å². The van der Waals surface area contributed by atoms with Crippen LogP contribution in [0.3, 0.4) is 0 Å². The number of halogens is 1. The van der Waals surface area contributed by atoms with Gasteiger partial charge in [-0.15, -0.1) is 0 Å². The van der Waals surface area contributed by atoms with Crippen LogP contribution in [0.4, 0.5) is 0 Å². The molecule has 0 saturated heterocycles. The van der Waals surface area contributed by atoms with Gasteiger partial charge >= 0.3 is 0 Å². The Morgan fingerprint density at radius 2 is 1.72 bits per heavy atom. The van der Waals surface area contributed by atoms with E-state index in [4.69, 9.17) is 16.3 Å². The van der Waals surface area contributed by atoms with Crippen molar-refractivity contribution >= 4 is 17.4 Å². The van der Waals surface area contributed by atoms with Gasteiger partial charge in [0.05, 0.1) is 24.8 Å². The lowest BCUT2D eigenvalue weighted by molar-refractivity contribution is 0.103. The highest BCUT2D eigenvalue weighted by atomic mass is 35.5. The maximum absolute atomic E-state index is 13.1. The molecule has 3 aromatic carbocycles. The Morgan fingerprint density at radius 1 is 0.966 bits per heavy atom. The Kier molecular flexibility index (Phi) is 5.19. The largest absolute Gasteiger partial charge is 0.495 e. The molecule has 0 unspecified atom stereocenters. The van der Waals surface area contributed by atoms with Crippen LogP contribution < -0.4 is 4.74 Å². The molecule has 1 aromatic heterocycles. The predicted octanol–water partition coefficient (Wildman–Crippen LogP) is 5.74. The van der Waals surface area contributed by atoms with E-state index >= 15 is 0 Å². The van der Waals surface area contributed by atoms with E-state index in [0.717, 1.165) is 22.5 Å². The number of ether oxygens (including phenoxy) is 1. The summed E-state index contributed by atoms with van der Waals surface area (Å²) >= 11 is 5.98. The SMILES string of the molecule is COc1cc(C(=O)c2cccc(-c3ccc(Cl)cc3)c2)ccc1-n1cnc(C)c1. The Morgan fingerprint density at radius 3 is 2.41 bits per heavy atom. The maximum Gasteiger partial charge on any atom is 0.193 e. The van der Waals surface area contributed by atoms with Gasteiger partial charge in [0, 0.05) is 22.3 Å². The summed E-state index contributed by atoms with van der Waals surface area (Å²) < 4.78 is 7.41. The molecule has 144 valence electrons. The minimum atomic E-state index is -0.0625. The zero-order valence-electron chi connectivity index (χ0n) is 16.1. The summed E-state index contributed by atoms with van der Waals surface area (Å²) in [6.07, 6.45) is 3.64. The zero-order chi connectivity index (χ0) is 20.4. The summed E-state index contributed by atoms with van der Waals surface area (Å²) in [6.45, 7) is 1.93. The average molecular weight is 403 g/mol. The number of benzene rings is 3. The van der Waals surface area contributed by atoms with Gasteiger partial charge in [-0.3, -0.25) is 4.79 Å². The quantitative estimate of drug-likeness (QED) is 0.400. The van der Waals surface area contributed by atoms with Crippen molar-refractivity contribution in [1.82, 2.24) is 9.55 Å². The first kappa shape index (κ1) is 19.0. The third-order valence-electron chi connectivity index (χ3n) is 4.73. The number of carbonyl (C=O) groups is 1. The highest BCUT2D eigenvalue weighted by molar-refractivity contribution is 6.30. The molecule has 1 heterocycles. The first-order valence-corrected chi connectivity index (χ1v) is 9.52. The average Bonchev–Trinajstić information content (AvgIpc) is 3.19. The Bertz CT molecular complexity index is 1180. The molecule has 4 rings (SSSR count). The monoisotopic (exact) mass is 402 g/mol. The molecule has 0 N–H and O–H groups in total. The van der Waals surface area contributed by atoms with E-state index in [9.17, 15) is 4.79 Å². The standard InChI is InChI=1S/C24H19ClN2O2/c1-16-14-27(15-26-16)22-11-8-20(13-23(22)29-2)24(28)19-5-3-4-18(12-19)17-6-9-21(25)10-7-17/h3-15H,1-2H3. The molecule has 0 bridgehead atoms. The van der Waals surface area contributed by atoms with Crippen molar-refractivity contribution in [2.45, 2.75) is 6.92 Å². The van der Waals surface area contributed by atoms with E-state index in [2.05, 4.69) is 4.98 Å². The molecule has 4 nitrogen and oxygen atoms in total. The molecule has 0 aliphatic carbocycles. The molecule has 5 heteroatoms. The van der Waals surface area contributed by atoms with Crippen molar-refractivity contribution in [1.29, 1.82) is 0 Å². The number of carbonyl (C=O) groups excluding carboxylic acids is 1. The summed E-state index contributed by atoms with van der Waals surface area (Å²) in [6, 6.07) is 20.6. The second-order valence-corrected chi connectivity index (χ2v) is 7.16. The molecule has 0 radical (unpaired) electrons. The molecular formula is C24H19ClN2O2. The van der Waals surface area contributed by atoms with E-state index in [1.165, 1.54) is 0 Å². The van der Waals surface area contributed by atoms with Crippen molar-refractivity contribution in [3.63, 3.8) is 0 Å². The van der Waals surface area contributed by atoms with Gasteiger partial charge in [0.2, 0.25) is 0 Å². The molecular weight excluding hydrogens is 384 g/mol. The summed E-state index contributed by atoms with van der Waals surface area (Å²) in [7, 11) is 1.60. The van der Waals surface area contributed by atoms with Crippen molar-refractivity contribution < 1.29 is 9.53 Å². The molecule has 0 amide bonds. The lowest BCUT2D eigenvalue weighted by Gasteiger charge is -2.11. The predicted molar refractivity (Wildman–Crippen MR) is 115 cm³/mol. The third-order valence-corrected chi connectivity index (χ3v) is 4.99. The van der Waals surface area contributed by atoms with Crippen LogP contribution in [0.1, 0.15) is 21.6 Å². The number of hydrogen-bond acceptors (Lipinski definition) is 3. The molecule has 0 aliphatic heterocycles. The van der Waals surface area contributed by atoms with E-state index in [1.54, 1.807) is 19.5 Å². The molecule has 4 aromatic rings. The molecule has 29 heavy (non-hydrogen) atoms. The fourth-order valence-electron chi connectivity index (χ4n) is 3.23. The fourth-order valence-corrected chi connectivity index (χ4v) is 3.36. The first-order chi connectivity index (χ1) is 14.0. The summed E-state index contributed by atoms with van der Waals surface area (Å²) in [5.74, 6) is 0.551. The minimum Gasteiger partial charge on any atom is -0.495 e. The van der Waals surface area contributed by atoms with Crippen LogP contribution in [0.2, 0.25) is 5.02 Å². The van der Waals surface area contributed by atoms with Crippen LogP contribution in [0.25, 0.3) is 16.8 Å². The van der Waals surface area contributed by atoms with Gasteiger partial charge in [-0.05, 0) is 54.4 Å². The molecule has 0 fully saturated rings. The Balaban J connectivity index is 1.68. The minimum absolute atomic E-state index is 0.0625. The first-order valence-electron chi connectivity index (χ1n) is 9.15. The normalized spacial score (nSPS) is 10.7. The van der Waals surface area contributed by atoms with Gasteiger partial charge in [-0.25, -0.2) is 4.98 Å². The van der Waals surface area contributed by atoms with Crippen LogP contribution >= 0.6 is 11.6 Å². The molecule has 0 atom stereocenters. The van der Waals surface area contributed by atoms with Crippen molar-refractivity contribution in [2.75, 3.05) is 7.11 Å². The van der Waals surface area contributed by atoms with Gasteiger partial charge in [0.15, 0.2) is 5.78 Å². The number of aromatic nitrogens is 2. The lowest BCUT2D eigenvalue weighted by Crippen LogP contribution is -2.04. The molecule has 0 spiro atoms. The van der Waals surface area contributed by atoms with Crippen LogP contribution in [0.15, 0.2) is 79.3 Å². The van der Waals surface area contributed by atoms with Crippen LogP contribution in [0.5, 0.6) is 5.75 Å². The summed E-state index contributed by atoms with van der Waals surface area (Å²) in [4.78, 5) is 17.4. The topological polar surface area (TPSA) is 44.1 Å². The molecule has 0 aliphatic rings. The van der Waals surface area contributed by atoms with E-state index in [0.29, 0.717) is 21.9 Å². The lowest BCUT2D eigenvalue weighted by atomic mass is 9.98. The van der Waals surface area contributed by atoms with Gasteiger partial charge < -0.3 is 9.30 Å². The van der Waals surface area contributed by atoms with Crippen molar-refractivity contribution in [2.24, 2.45) is 0 Å². The third kappa shape index (κ3) is 3.93. The highest BCUT2D eigenvalue weighted by Gasteiger charge is 2.14. The van der Waals surface area contributed by atoms with Gasteiger partial charge in [-0.2, -0.15) is 0 Å². The summed E-state index contributed by atoms with van der Waals surface area (Å²) in [5.41, 5.74) is 4.89. The maximum atomic E-state index is 13.1. The summed E-state index contributed by atoms with van der Waals surface area (Å²) in [5, 5.41) is 0.682. The number of ketones is 1. The van der Waals surface area contributed by atoms with Crippen LogP contribution in [-0.2, 0) is 0 Å². The fraction of sp³-hybridized carbons (Fsp3) is 0.0833. The number of hydrogen-bond donors (Lipinski definition) is 0.